The Kier molecular flexibility index (Phi) is 3.17. The number of esters is 1. The van der Waals surface area contributed by atoms with E-state index in [9.17, 15) is 9.59 Å². The van der Waals surface area contributed by atoms with Gasteiger partial charge in [0.15, 0.2) is 0 Å². The van der Waals surface area contributed by atoms with Crippen LogP contribution in [-0.2, 0) is 14.3 Å². The van der Waals surface area contributed by atoms with Crippen molar-refractivity contribution >= 4 is 11.9 Å². The minimum Gasteiger partial charge on any atom is -0.466 e. The fourth-order valence-electron chi connectivity index (χ4n) is 3.07. The Morgan fingerprint density at radius 2 is 2.38 bits per heavy atom. The molecule has 0 aromatic rings. The lowest BCUT2D eigenvalue weighted by molar-refractivity contribution is -0.145. The Bertz CT molecular complexity index is 303. The fourth-order valence-corrected chi connectivity index (χ4v) is 3.07. The summed E-state index contributed by atoms with van der Waals surface area (Å²) in [4.78, 5) is 23.1. The molecular weight excluding hydrogens is 206 g/mol. The lowest BCUT2D eigenvalue weighted by atomic mass is 9.72. The van der Waals surface area contributed by atoms with Gasteiger partial charge in [-0.2, -0.15) is 0 Å². The first-order valence-corrected chi connectivity index (χ1v) is 6.13. The van der Waals surface area contributed by atoms with Crippen molar-refractivity contribution in [1.82, 2.24) is 5.32 Å². The molecule has 4 heteroatoms. The molecule has 1 aliphatic carbocycles. The molecule has 2 atom stereocenters. The third-order valence-corrected chi connectivity index (χ3v) is 3.79. The van der Waals surface area contributed by atoms with Crippen LogP contribution in [0.15, 0.2) is 0 Å². The summed E-state index contributed by atoms with van der Waals surface area (Å²) in [5.41, 5.74) is -0.290. The van der Waals surface area contributed by atoms with Gasteiger partial charge in [-0.25, -0.2) is 0 Å². The van der Waals surface area contributed by atoms with Crippen LogP contribution in [-0.4, -0.2) is 24.0 Å². The van der Waals surface area contributed by atoms with Gasteiger partial charge in [-0.1, -0.05) is 12.8 Å². The van der Waals surface area contributed by atoms with E-state index in [2.05, 4.69) is 5.32 Å². The van der Waals surface area contributed by atoms with Crippen LogP contribution < -0.4 is 5.32 Å². The molecule has 0 spiro atoms. The van der Waals surface area contributed by atoms with Crippen LogP contribution in [0.1, 0.15) is 45.4 Å². The molecule has 0 unspecified atom stereocenters. The number of rotatable bonds is 3. The van der Waals surface area contributed by atoms with Crippen LogP contribution in [0.4, 0.5) is 0 Å². The topological polar surface area (TPSA) is 55.4 Å². The van der Waals surface area contributed by atoms with Gasteiger partial charge in [0.2, 0.25) is 5.91 Å². The first-order valence-electron chi connectivity index (χ1n) is 6.13. The standard InChI is InChI=1S/C12H19NO3/c1-2-16-11(15)8-12-6-4-3-5-9(12)7-10(14)13-12/h9H,2-8H2,1H3,(H,13,14)/t9-,12+/m0/s1. The summed E-state index contributed by atoms with van der Waals surface area (Å²) in [5, 5.41) is 3.02. The average molecular weight is 225 g/mol. The first-order chi connectivity index (χ1) is 7.66. The minimum absolute atomic E-state index is 0.0937. The zero-order chi connectivity index (χ0) is 11.6. The molecule has 2 aliphatic rings. The van der Waals surface area contributed by atoms with Crippen LogP contribution in [0, 0.1) is 5.92 Å². The number of carbonyl (C=O) groups excluding carboxylic acids is 2. The predicted octanol–water partition coefficient (Wildman–Crippen LogP) is 1.39. The summed E-state index contributed by atoms with van der Waals surface area (Å²) in [6, 6.07) is 0. The molecule has 1 amide bonds. The predicted molar refractivity (Wildman–Crippen MR) is 58.7 cm³/mol. The molecule has 90 valence electrons. The smallest absolute Gasteiger partial charge is 0.308 e. The van der Waals surface area contributed by atoms with Gasteiger partial charge >= 0.3 is 5.97 Å². The SMILES string of the molecule is CCOC(=O)C[C@]12CCCC[C@H]1CC(=O)N2. The lowest BCUT2D eigenvalue weighted by Gasteiger charge is -2.38. The normalized spacial score (nSPS) is 33.1. The number of hydrogen-bond donors (Lipinski definition) is 1. The highest BCUT2D eigenvalue weighted by molar-refractivity contribution is 5.82. The van der Waals surface area contributed by atoms with Gasteiger partial charge < -0.3 is 10.1 Å². The molecular formula is C12H19NO3. The molecule has 0 radical (unpaired) electrons. The summed E-state index contributed by atoms with van der Waals surface area (Å²) in [6.45, 7) is 2.22. The van der Waals surface area contributed by atoms with Crippen LogP contribution in [0.5, 0.6) is 0 Å². The van der Waals surface area contributed by atoms with Gasteiger partial charge in [-0.3, -0.25) is 9.59 Å². The molecule has 4 nitrogen and oxygen atoms in total. The molecule has 1 saturated carbocycles. The van der Waals surface area contributed by atoms with E-state index in [1.54, 1.807) is 6.92 Å². The van der Waals surface area contributed by atoms with Crippen molar-refractivity contribution in [3.63, 3.8) is 0 Å². The third kappa shape index (κ3) is 2.06. The Morgan fingerprint density at radius 3 is 3.12 bits per heavy atom. The second kappa shape index (κ2) is 4.44. The molecule has 0 aromatic carbocycles. The van der Waals surface area contributed by atoms with Crippen LogP contribution in [0.2, 0.25) is 0 Å². The molecule has 0 aromatic heterocycles. The van der Waals surface area contributed by atoms with Crippen molar-refractivity contribution in [3.8, 4) is 0 Å². The summed E-state index contributed by atoms with van der Waals surface area (Å²) in [7, 11) is 0. The van der Waals surface area contributed by atoms with E-state index in [-0.39, 0.29) is 17.4 Å². The molecule has 0 bridgehead atoms. The van der Waals surface area contributed by atoms with E-state index >= 15 is 0 Å². The Balaban J connectivity index is 2.07. The molecule has 1 saturated heterocycles. The molecule has 2 rings (SSSR count). The van der Waals surface area contributed by atoms with E-state index in [1.165, 1.54) is 6.42 Å². The maximum atomic E-state index is 11.6. The largest absolute Gasteiger partial charge is 0.466 e. The summed E-state index contributed by atoms with van der Waals surface area (Å²) in [6.07, 6.45) is 5.16. The third-order valence-electron chi connectivity index (χ3n) is 3.79. The fraction of sp³-hybridized carbons (Fsp3) is 0.833. The molecule has 1 heterocycles. The van der Waals surface area contributed by atoms with Gasteiger partial charge in [0.05, 0.1) is 18.6 Å². The van der Waals surface area contributed by atoms with Gasteiger partial charge in [-0.15, -0.1) is 0 Å². The zero-order valence-electron chi connectivity index (χ0n) is 9.75. The number of hydrogen-bond acceptors (Lipinski definition) is 3. The van der Waals surface area contributed by atoms with Gasteiger partial charge in [-0.05, 0) is 25.7 Å². The van der Waals surface area contributed by atoms with Crippen LogP contribution in [0.3, 0.4) is 0 Å². The van der Waals surface area contributed by atoms with Crippen molar-refractivity contribution < 1.29 is 14.3 Å². The van der Waals surface area contributed by atoms with Crippen molar-refractivity contribution in [1.29, 1.82) is 0 Å². The Hall–Kier alpha value is -1.06. The maximum absolute atomic E-state index is 11.6. The quantitative estimate of drug-likeness (QED) is 0.738. The summed E-state index contributed by atoms with van der Waals surface area (Å²) < 4.78 is 4.99. The van der Waals surface area contributed by atoms with Crippen molar-refractivity contribution in [2.45, 2.75) is 51.0 Å². The maximum Gasteiger partial charge on any atom is 0.308 e. The Labute approximate surface area is 95.7 Å². The second-order valence-electron chi connectivity index (χ2n) is 4.83. The van der Waals surface area contributed by atoms with Crippen molar-refractivity contribution in [2.24, 2.45) is 5.92 Å². The van der Waals surface area contributed by atoms with Gasteiger partial charge in [0.25, 0.3) is 0 Å². The molecule has 1 N–H and O–H groups in total. The monoisotopic (exact) mass is 225 g/mol. The van der Waals surface area contributed by atoms with E-state index in [0.29, 0.717) is 25.4 Å². The molecule has 2 fully saturated rings. The highest BCUT2D eigenvalue weighted by Crippen LogP contribution is 2.42. The number of nitrogens with one attached hydrogen (secondary N) is 1. The first kappa shape index (κ1) is 11.4. The number of fused-ring (bicyclic) bond motifs is 1. The van der Waals surface area contributed by atoms with E-state index in [0.717, 1.165) is 19.3 Å². The number of carbonyl (C=O) groups is 2. The van der Waals surface area contributed by atoms with Gasteiger partial charge in [0, 0.05) is 6.42 Å². The highest BCUT2D eigenvalue weighted by Gasteiger charge is 2.48. The lowest BCUT2D eigenvalue weighted by Crippen LogP contribution is -2.49. The highest BCUT2D eigenvalue weighted by atomic mass is 16.5. The summed E-state index contributed by atoms with van der Waals surface area (Å²) in [5.74, 6) is 0.242. The van der Waals surface area contributed by atoms with E-state index < -0.39 is 0 Å². The number of ether oxygens (including phenoxy) is 1. The van der Waals surface area contributed by atoms with E-state index in [4.69, 9.17) is 4.74 Å². The Morgan fingerprint density at radius 1 is 1.56 bits per heavy atom. The minimum atomic E-state index is -0.290. The second-order valence-corrected chi connectivity index (χ2v) is 4.83. The molecule has 1 aliphatic heterocycles. The zero-order valence-corrected chi connectivity index (χ0v) is 9.75. The van der Waals surface area contributed by atoms with Crippen molar-refractivity contribution in [2.75, 3.05) is 6.61 Å². The van der Waals surface area contributed by atoms with Gasteiger partial charge in [0.1, 0.15) is 0 Å². The summed E-state index contributed by atoms with van der Waals surface area (Å²) >= 11 is 0. The van der Waals surface area contributed by atoms with Crippen molar-refractivity contribution in [3.05, 3.63) is 0 Å². The average Bonchev–Trinajstić information content (AvgIpc) is 2.53. The van der Waals surface area contributed by atoms with Crippen LogP contribution in [0.25, 0.3) is 0 Å². The van der Waals surface area contributed by atoms with E-state index in [1.807, 2.05) is 0 Å². The molecule has 16 heavy (non-hydrogen) atoms. The number of amides is 1. The van der Waals surface area contributed by atoms with Crippen LogP contribution >= 0.6 is 0 Å².